The van der Waals surface area contributed by atoms with Crippen LogP contribution in [0.5, 0.6) is 0 Å². The van der Waals surface area contributed by atoms with Crippen LogP contribution in [-0.2, 0) is 36.8 Å². The maximum absolute atomic E-state index is 13.9. The van der Waals surface area contributed by atoms with Gasteiger partial charge in [0.25, 0.3) is 0 Å². The zero-order valence-corrected chi connectivity index (χ0v) is 24.7. The van der Waals surface area contributed by atoms with Crippen molar-refractivity contribution < 1.29 is 28.2 Å². The molecule has 0 radical (unpaired) electrons. The van der Waals surface area contributed by atoms with Gasteiger partial charge in [0.1, 0.15) is 24.1 Å². The van der Waals surface area contributed by atoms with Gasteiger partial charge in [0.2, 0.25) is 0 Å². The lowest BCUT2D eigenvalue weighted by atomic mass is 10.0. The van der Waals surface area contributed by atoms with Gasteiger partial charge in [-0.25, -0.2) is 9.97 Å². The Morgan fingerprint density at radius 3 is 2.44 bits per heavy atom. The first-order valence-electron chi connectivity index (χ1n) is 13.0. The van der Waals surface area contributed by atoms with E-state index in [2.05, 4.69) is 43.8 Å². The van der Waals surface area contributed by atoms with Crippen LogP contribution >= 0.6 is 0 Å². The Kier molecular flexibility index (Phi) is 8.11. The van der Waals surface area contributed by atoms with E-state index < -0.39 is 32.1 Å². The number of aromatic nitrogens is 3. The van der Waals surface area contributed by atoms with Gasteiger partial charge >= 0.3 is 0 Å². The number of ketones is 2. The molecule has 0 aliphatic carbocycles. The van der Waals surface area contributed by atoms with Gasteiger partial charge in [0.05, 0.1) is 18.8 Å². The van der Waals surface area contributed by atoms with Gasteiger partial charge in [-0.3, -0.25) is 9.59 Å². The Balaban J connectivity index is 1.58. The molecular formula is C28H38N4O6Si. The third-order valence-corrected chi connectivity index (χ3v) is 11.8. The molecular weight excluding hydrogens is 516 g/mol. The summed E-state index contributed by atoms with van der Waals surface area (Å²) < 4.78 is 25.6. The van der Waals surface area contributed by atoms with Gasteiger partial charge in [0.15, 0.2) is 43.7 Å². The quantitative estimate of drug-likeness (QED) is 0.285. The van der Waals surface area contributed by atoms with Crippen molar-refractivity contribution in [2.24, 2.45) is 0 Å². The molecule has 39 heavy (non-hydrogen) atoms. The number of anilines is 1. The van der Waals surface area contributed by atoms with Gasteiger partial charge in [-0.05, 0) is 37.5 Å². The van der Waals surface area contributed by atoms with Gasteiger partial charge in [-0.2, -0.15) is 0 Å². The largest absolute Gasteiger partial charge is 0.409 e. The van der Waals surface area contributed by atoms with E-state index in [-0.39, 0.29) is 35.5 Å². The van der Waals surface area contributed by atoms with E-state index in [1.807, 2.05) is 30.3 Å². The summed E-state index contributed by atoms with van der Waals surface area (Å²) in [5.74, 6) is -1.70. The lowest BCUT2D eigenvalue weighted by molar-refractivity contribution is -0.154. The number of Topliss-reactive ketones (excluding diaryl/α,β-unsaturated/α-hetero) is 2. The highest BCUT2D eigenvalue weighted by Crippen LogP contribution is 2.37. The molecule has 1 aliphatic heterocycles. The number of benzene rings is 1. The summed E-state index contributed by atoms with van der Waals surface area (Å²) in [5, 5.41) is -0.0706. The monoisotopic (exact) mass is 554 g/mol. The van der Waals surface area contributed by atoms with Crippen LogP contribution in [0.2, 0.25) is 18.1 Å². The standard InChI is InChI=1S/C28H38N4O6Si/c1-27(2,3)39(6,7)36-15-20(33)24-25(38-28(4,5)37-24)23(34)19-13-32(22-21(19)30-16-31-26(22)29)17-35-14-18-11-9-8-10-12-18/h8-13,16,24-25H,14-15,17H2,1-7H3,(H2,29,30,31)/t24-,25+/m1/s1. The molecule has 0 unspecified atom stereocenters. The Labute approximate surface area is 229 Å². The highest BCUT2D eigenvalue weighted by Gasteiger charge is 2.50. The summed E-state index contributed by atoms with van der Waals surface area (Å²) in [4.78, 5) is 35.6. The number of nitrogen functional groups attached to an aromatic ring is 1. The molecule has 4 rings (SSSR count). The fourth-order valence-electron chi connectivity index (χ4n) is 4.16. The highest BCUT2D eigenvalue weighted by molar-refractivity contribution is 6.74. The van der Waals surface area contributed by atoms with Crippen molar-refractivity contribution in [1.29, 1.82) is 0 Å². The zero-order valence-electron chi connectivity index (χ0n) is 23.7. The molecule has 1 saturated heterocycles. The lowest BCUT2D eigenvalue weighted by Crippen LogP contribution is -2.45. The normalized spacial score (nSPS) is 19.5. The van der Waals surface area contributed by atoms with Gasteiger partial charge < -0.3 is 28.9 Å². The van der Waals surface area contributed by atoms with Crippen molar-refractivity contribution in [2.45, 2.75) is 84.1 Å². The summed E-state index contributed by atoms with van der Waals surface area (Å²) in [5.41, 5.74) is 8.26. The van der Waals surface area contributed by atoms with Crippen molar-refractivity contribution in [3.8, 4) is 0 Å². The molecule has 0 amide bonds. The first kappa shape index (κ1) is 29.0. The summed E-state index contributed by atoms with van der Waals surface area (Å²) in [6, 6.07) is 9.74. The number of hydrogen-bond donors (Lipinski definition) is 1. The number of ether oxygens (including phenoxy) is 3. The molecule has 3 aromatic rings. The van der Waals surface area contributed by atoms with E-state index >= 15 is 0 Å². The molecule has 1 aromatic carbocycles. The van der Waals surface area contributed by atoms with E-state index in [9.17, 15) is 9.59 Å². The highest BCUT2D eigenvalue weighted by atomic mass is 28.4. The van der Waals surface area contributed by atoms with Crippen molar-refractivity contribution in [2.75, 3.05) is 12.3 Å². The molecule has 1 fully saturated rings. The third-order valence-electron chi connectivity index (χ3n) is 7.34. The number of carbonyl (C=O) groups excluding carboxylic acids is 2. The average Bonchev–Trinajstić information content (AvgIpc) is 3.40. The molecule has 210 valence electrons. The Bertz CT molecular complexity index is 1350. The van der Waals surface area contributed by atoms with Crippen LogP contribution in [-0.4, -0.2) is 59.0 Å². The van der Waals surface area contributed by atoms with E-state index in [0.717, 1.165) is 5.56 Å². The molecule has 2 atom stereocenters. The minimum Gasteiger partial charge on any atom is -0.409 e. The summed E-state index contributed by atoms with van der Waals surface area (Å²) in [7, 11) is -2.19. The minimum atomic E-state index is -2.19. The predicted octanol–water partition coefficient (Wildman–Crippen LogP) is 4.48. The van der Waals surface area contributed by atoms with Crippen molar-refractivity contribution in [3.05, 3.63) is 54.0 Å². The fraction of sp³-hybridized carbons (Fsp3) is 0.500. The van der Waals surface area contributed by atoms with Crippen LogP contribution in [0.15, 0.2) is 42.9 Å². The molecule has 10 nitrogen and oxygen atoms in total. The molecule has 11 heteroatoms. The van der Waals surface area contributed by atoms with Crippen LogP contribution in [0.25, 0.3) is 11.0 Å². The number of rotatable bonds is 10. The Hall–Kier alpha value is -2.96. The van der Waals surface area contributed by atoms with Gasteiger partial charge in [-0.15, -0.1) is 0 Å². The van der Waals surface area contributed by atoms with Crippen LogP contribution < -0.4 is 5.73 Å². The predicted molar refractivity (Wildman–Crippen MR) is 149 cm³/mol. The van der Waals surface area contributed by atoms with E-state index in [0.29, 0.717) is 17.6 Å². The van der Waals surface area contributed by atoms with Crippen LogP contribution in [0.4, 0.5) is 5.82 Å². The first-order chi connectivity index (χ1) is 18.2. The summed E-state index contributed by atoms with van der Waals surface area (Å²) in [6.45, 7) is 14.1. The Morgan fingerprint density at radius 1 is 1.10 bits per heavy atom. The maximum Gasteiger partial charge on any atom is 0.198 e. The topological polar surface area (TPSA) is 128 Å². The SMILES string of the molecule is CC1(C)O[C@H](C(=O)CO[Si](C)(C)C(C)(C)C)[C@H](C(=O)c2cn(COCc3ccccc3)c3c(N)ncnc23)O1. The molecule has 0 spiro atoms. The number of nitrogens with two attached hydrogens (primary N) is 1. The number of carbonyl (C=O) groups is 2. The second-order valence-corrected chi connectivity index (χ2v) is 16.6. The lowest BCUT2D eigenvalue weighted by Gasteiger charge is -2.36. The summed E-state index contributed by atoms with van der Waals surface area (Å²) in [6.07, 6.45) is 0.626. The fourth-order valence-corrected chi connectivity index (χ4v) is 5.10. The maximum atomic E-state index is 13.9. The van der Waals surface area contributed by atoms with Crippen LogP contribution in [0.1, 0.15) is 50.5 Å². The molecule has 1 aliphatic rings. The van der Waals surface area contributed by atoms with Gasteiger partial charge in [0, 0.05) is 6.20 Å². The van der Waals surface area contributed by atoms with E-state index in [1.54, 1.807) is 24.6 Å². The molecule has 0 bridgehead atoms. The van der Waals surface area contributed by atoms with Crippen molar-refractivity contribution in [1.82, 2.24) is 14.5 Å². The number of nitrogens with zero attached hydrogens (tertiary/aromatic N) is 3. The van der Waals surface area contributed by atoms with Crippen LogP contribution in [0, 0.1) is 0 Å². The third kappa shape index (κ3) is 6.28. The van der Waals surface area contributed by atoms with E-state index in [1.165, 1.54) is 6.33 Å². The second-order valence-electron chi connectivity index (χ2n) is 11.8. The smallest absolute Gasteiger partial charge is 0.198 e. The molecule has 2 N–H and O–H groups in total. The number of hydrogen-bond acceptors (Lipinski definition) is 9. The van der Waals surface area contributed by atoms with Crippen molar-refractivity contribution >= 4 is 36.7 Å². The molecule has 0 saturated carbocycles. The molecule has 2 aromatic heterocycles. The van der Waals surface area contributed by atoms with Gasteiger partial charge in [-0.1, -0.05) is 51.1 Å². The average molecular weight is 555 g/mol. The van der Waals surface area contributed by atoms with Crippen molar-refractivity contribution in [3.63, 3.8) is 0 Å². The minimum absolute atomic E-state index is 0.0706. The van der Waals surface area contributed by atoms with E-state index in [4.69, 9.17) is 24.4 Å². The second kappa shape index (κ2) is 10.9. The van der Waals surface area contributed by atoms with Crippen LogP contribution in [0.3, 0.4) is 0 Å². The molecule has 3 heterocycles. The first-order valence-corrected chi connectivity index (χ1v) is 15.9. The number of fused-ring (bicyclic) bond motifs is 1. The summed E-state index contributed by atoms with van der Waals surface area (Å²) >= 11 is 0. The Morgan fingerprint density at radius 2 is 1.77 bits per heavy atom. The zero-order chi connectivity index (χ0) is 28.6.